The molecular weight excluding hydrogens is 336 g/mol. The molecule has 0 saturated heterocycles. The molecule has 0 radical (unpaired) electrons. The lowest BCUT2D eigenvalue weighted by Crippen LogP contribution is -2.48. The lowest BCUT2D eigenvalue weighted by Gasteiger charge is -2.29. The Kier molecular flexibility index (Phi) is 7.59. The largest absolute Gasteiger partial charge is 0.354 e. The van der Waals surface area contributed by atoms with Gasteiger partial charge in [-0.05, 0) is 43.9 Å². The molecule has 2 rings (SSSR count). The van der Waals surface area contributed by atoms with Crippen LogP contribution in [0.1, 0.15) is 42.5 Å². The maximum Gasteiger partial charge on any atom is 0.242 e. The van der Waals surface area contributed by atoms with Crippen molar-refractivity contribution in [2.45, 2.75) is 53.1 Å². The van der Waals surface area contributed by atoms with Gasteiger partial charge in [-0.1, -0.05) is 61.0 Å². The molecule has 2 aromatic carbocycles. The SMILES string of the molecule is CCCNC(=O)[C@@H](C)N(Cc1ccc(C)cc1)C(=O)Cc1ccccc1C. The van der Waals surface area contributed by atoms with Gasteiger partial charge in [-0.3, -0.25) is 9.59 Å². The van der Waals surface area contributed by atoms with E-state index >= 15 is 0 Å². The molecule has 0 heterocycles. The zero-order valence-electron chi connectivity index (χ0n) is 16.8. The highest BCUT2D eigenvalue weighted by atomic mass is 16.2. The summed E-state index contributed by atoms with van der Waals surface area (Å²) in [5, 5.41) is 2.90. The third kappa shape index (κ3) is 5.95. The quantitative estimate of drug-likeness (QED) is 0.773. The Morgan fingerprint density at radius 1 is 1.04 bits per heavy atom. The fourth-order valence-electron chi connectivity index (χ4n) is 2.94. The van der Waals surface area contributed by atoms with E-state index in [-0.39, 0.29) is 11.8 Å². The third-order valence-corrected chi connectivity index (χ3v) is 4.79. The van der Waals surface area contributed by atoms with Gasteiger partial charge in [0.1, 0.15) is 6.04 Å². The van der Waals surface area contributed by atoms with Crippen molar-refractivity contribution < 1.29 is 9.59 Å². The Balaban J connectivity index is 2.21. The van der Waals surface area contributed by atoms with E-state index in [0.717, 1.165) is 23.1 Å². The third-order valence-electron chi connectivity index (χ3n) is 4.79. The molecule has 2 aromatic rings. The van der Waals surface area contributed by atoms with Crippen molar-refractivity contribution in [3.05, 3.63) is 70.8 Å². The van der Waals surface area contributed by atoms with Gasteiger partial charge in [0.25, 0.3) is 0 Å². The van der Waals surface area contributed by atoms with Crippen molar-refractivity contribution in [2.24, 2.45) is 0 Å². The van der Waals surface area contributed by atoms with E-state index in [1.807, 2.05) is 69.3 Å². The minimum absolute atomic E-state index is 0.0379. The Bertz CT molecular complexity index is 768. The molecule has 0 aliphatic heterocycles. The van der Waals surface area contributed by atoms with E-state index in [4.69, 9.17) is 0 Å². The van der Waals surface area contributed by atoms with E-state index < -0.39 is 6.04 Å². The molecule has 0 aromatic heterocycles. The van der Waals surface area contributed by atoms with Crippen LogP contribution in [-0.4, -0.2) is 29.3 Å². The van der Waals surface area contributed by atoms with Gasteiger partial charge in [0, 0.05) is 13.1 Å². The van der Waals surface area contributed by atoms with Crippen molar-refractivity contribution in [1.82, 2.24) is 10.2 Å². The van der Waals surface area contributed by atoms with Gasteiger partial charge in [-0.25, -0.2) is 0 Å². The molecule has 1 N–H and O–H groups in total. The predicted molar refractivity (Wildman–Crippen MR) is 109 cm³/mol. The van der Waals surface area contributed by atoms with Crippen molar-refractivity contribution in [3.63, 3.8) is 0 Å². The number of benzene rings is 2. The summed E-state index contributed by atoms with van der Waals surface area (Å²) >= 11 is 0. The molecule has 0 saturated carbocycles. The zero-order chi connectivity index (χ0) is 19.8. The van der Waals surface area contributed by atoms with E-state index in [2.05, 4.69) is 5.32 Å². The fraction of sp³-hybridized carbons (Fsp3) is 0.391. The molecule has 1 atom stereocenters. The van der Waals surface area contributed by atoms with Crippen molar-refractivity contribution in [1.29, 1.82) is 0 Å². The molecule has 2 amide bonds. The lowest BCUT2D eigenvalue weighted by molar-refractivity contribution is -0.140. The molecule has 0 unspecified atom stereocenters. The van der Waals surface area contributed by atoms with Gasteiger partial charge in [0.2, 0.25) is 11.8 Å². The van der Waals surface area contributed by atoms with E-state index in [1.165, 1.54) is 5.56 Å². The number of nitrogens with one attached hydrogen (secondary N) is 1. The van der Waals surface area contributed by atoms with Crippen LogP contribution in [0.4, 0.5) is 0 Å². The molecule has 0 spiro atoms. The number of rotatable bonds is 8. The lowest BCUT2D eigenvalue weighted by atomic mass is 10.0. The Morgan fingerprint density at radius 2 is 1.70 bits per heavy atom. The standard InChI is InChI=1S/C23H30N2O2/c1-5-14-24-23(27)19(4)25(16-20-12-10-17(2)11-13-20)22(26)15-21-9-7-6-8-18(21)3/h6-13,19H,5,14-16H2,1-4H3,(H,24,27)/t19-/m1/s1. The van der Waals surface area contributed by atoms with Crippen molar-refractivity contribution in [2.75, 3.05) is 6.54 Å². The second-order valence-corrected chi connectivity index (χ2v) is 7.08. The van der Waals surface area contributed by atoms with Crippen LogP contribution in [-0.2, 0) is 22.6 Å². The second kappa shape index (κ2) is 9.91. The molecule has 144 valence electrons. The van der Waals surface area contributed by atoms with Crippen molar-refractivity contribution >= 4 is 11.8 Å². The van der Waals surface area contributed by atoms with Gasteiger partial charge in [0.15, 0.2) is 0 Å². The van der Waals surface area contributed by atoms with Gasteiger partial charge in [-0.15, -0.1) is 0 Å². The Hall–Kier alpha value is -2.62. The summed E-state index contributed by atoms with van der Waals surface area (Å²) in [7, 11) is 0. The van der Waals surface area contributed by atoms with E-state index in [0.29, 0.717) is 19.5 Å². The van der Waals surface area contributed by atoms with Crippen molar-refractivity contribution in [3.8, 4) is 0 Å². The first-order valence-electron chi connectivity index (χ1n) is 9.59. The van der Waals surface area contributed by atoms with Gasteiger partial charge < -0.3 is 10.2 Å². The van der Waals surface area contributed by atoms with Gasteiger partial charge >= 0.3 is 0 Å². The van der Waals surface area contributed by atoms with Crippen LogP contribution in [0.15, 0.2) is 48.5 Å². The van der Waals surface area contributed by atoms with E-state index in [1.54, 1.807) is 11.8 Å². The summed E-state index contributed by atoms with van der Waals surface area (Å²) in [6, 6.07) is 15.5. The first kappa shape index (κ1) is 20.7. The molecule has 0 aliphatic rings. The molecule has 4 heteroatoms. The monoisotopic (exact) mass is 366 g/mol. The van der Waals surface area contributed by atoms with Crippen LogP contribution in [0, 0.1) is 13.8 Å². The maximum absolute atomic E-state index is 13.1. The number of amides is 2. The normalized spacial score (nSPS) is 11.7. The summed E-state index contributed by atoms with van der Waals surface area (Å²) in [5.41, 5.74) is 4.28. The highest BCUT2D eigenvalue weighted by molar-refractivity contribution is 5.88. The van der Waals surface area contributed by atoms with Crippen LogP contribution in [0.3, 0.4) is 0 Å². The molecule has 27 heavy (non-hydrogen) atoms. The van der Waals surface area contributed by atoms with Crippen LogP contribution in [0.25, 0.3) is 0 Å². The molecule has 0 fully saturated rings. The summed E-state index contributed by atoms with van der Waals surface area (Å²) in [4.78, 5) is 27.3. The molecular formula is C23H30N2O2. The van der Waals surface area contributed by atoms with Gasteiger partial charge in [-0.2, -0.15) is 0 Å². The van der Waals surface area contributed by atoms with E-state index in [9.17, 15) is 9.59 Å². The van der Waals surface area contributed by atoms with Gasteiger partial charge in [0.05, 0.1) is 6.42 Å². The summed E-state index contributed by atoms with van der Waals surface area (Å²) in [6.07, 6.45) is 1.16. The number of hydrogen-bond donors (Lipinski definition) is 1. The van der Waals surface area contributed by atoms with Crippen LogP contribution in [0.2, 0.25) is 0 Å². The number of aryl methyl sites for hydroxylation is 2. The number of hydrogen-bond acceptors (Lipinski definition) is 2. The first-order valence-corrected chi connectivity index (χ1v) is 9.59. The Labute approximate surface area is 162 Å². The highest BCUT2D eigenvalue weighted by Crippen LogP contribution is 2.15. The van der Waals surface area contributed by atoms with Crippen LogP contribution >= 0.6 is 0 Å². The fourth-order valence-corrected chi connectivity index (χ4v) is 2.94. The van der Waals surface area contributed by atoms with Crippen LogP contribution in [0.5, 0.6) is 0 Å². The molecule has 0 aliphatic carbocycles. The first-order chi connectivity index (χ1) is 12.9. The zero-order valence-corrected chi connectivity index (χ0v) is 16.8. The smallest absolute Gasteiger partial charge is 0.242 e. The topological polar surface area (TPSA) is 49.4 Å². The maximum atomic E-state index is 13.1. The average molecular weight is 367 g/mol. The summed E-state index contributed by atoms with van der Waals surface area (Å²) in [6.45, 7) is 8.89. The molecule has 0 bridgehead atoms. The predicted octanol–water partition coefficient (Wildman–Crippen LogP) is 3.79. The molecule has 4 nitrogen and oxygen atoms in total. The highest BCUT2D eigenvalue weighted by Gasteiger charge is 2.26. The Morgan fingerprint density at radius 3 is 2.33 bits per heavy atom. The minimum atomic E-state index is -0.519. The second-order valence-electron chi connectivity index (χ2n) is 7.08. The average Bonchev–Trinajstić information content (AvgIpc) is 2.66. The van der Waals surface area contributed by atoms with Crippen LogP contribution < -0.4 is 5.32 Å². The number of carbonyl (C=O) groups is 2. The summed E-state index contributed by atoms with van der Waals surface area (Å²) < 4.78 is 0. The summed E-state index contributed by atoms with van der Waals surface area (Å²) in [5.74, 6) is -0.147. The minimum Gasteiger partial charge on any atom is -0.354 e. The number of carbonyl (C=O) groups excluding carboxylic acids is 2. The number of nitrogens with zero attached hydrogens (tertiary/aromatic N) is 1.